The van der Waals surface area contributed by atoms with Gasteiger partial charge in [0.05, 0.1) is 0 Å². The summed E-state index contributed by atoms with van der Waals surface area (Å²) in [5, 5.41) is 0. The number of carbonyl (C=O) groups excluding carboxylic acids is 2. The summed E-state index contributed by atoms with van der Waals surface area (Å²) in [5.41, 5.74) is 0. The molecule has 0 aliphatic heterocycles. The van der Waals surface area contributed by atoms with Crippen LogP contribution in [0.2, 0.25) is 0 Å². The Labute approximate surface area is 78.8 Å². The molecule has 0 aromatic rings. The fraction of sp³-hybridized carbons (Fsp3) is 0.600. The molecule has 0 saturated heterocycles. The van der Waals surface area contributed by atoms with Crippen LogP contribution in [0.15, 0.2) is 12.7 Å². The third-order valence-electron chi connectivity index (χ3n) is 1.60. The lowest BCUT2D eigenvalue weighted by Crippen LogP contribution is -2.13. The van der Waals surface area contributed by atoms with Crippen LogP contribution in [0.5, 0.6) is 0 Å². The predicted octanol–water partition coefficient (Wildman–Crippen LogP) is 1.86. The molecule has 13 heavy (non-hydrogen) atoms. The number of Topliss-reactive ketones (excluding diaryl/α,β-unsaturated/α-hetero) is 1. The number of carbonyl (C=O) groups is 2. The van der Waals surface area contributed by atoms with E-state index in [1.165, 1.54) is 6.92 Å². The van der Waals surface area contributed by atoms with Crippen molar-refractivity contribution in [2.75, 3.05) is 0 Å². The molecule has 0 rings (SSSR count). The van der Waals surface area contributed by atoms with Gasteiger partial charge in [-0.2, -0.15) is 0 Å². The first-order valence-corrected chi connectivity index (χ1v) is 4.35. The van der Waals surface area contributed by atoms with E-state index in [0.717, 1.165) is 6.42 Å². The second-order valence-corrected chi connectivity index (χ2v) is 2.98. The molecule has 0 N–H and O–H groups in total. The second kappa shape index (κ2) is 6.40. The van der Waals surface area contributed by atoms with E-state index in [1.807, 2.05) is 0 Å². The van der Waals surface area contributed by atoms with Gasteiger partial charge >= 0.3 is 5.97 Å². The number of esters is 1. The highest BCUT2D eigenvalue weighted by Crippen LogP contribution is 2.06. The van der Waals surface area contributed by atoms with Crippen molar-refractivity contribution in [1.29, 1.82) is 0 Å². The van der Waals surface area contributed by atoms with E-state index < -0.39 is 0 Å². The van der Waals surface area contributed by atoms with Crippen molar-refractivity contribution in [1.82, 2.24) is 0 Å². The van der Waals surface area contributed by atoms with Crippen LogP contribution in [0.4, 0.5) is 0 Å². The molecule has 1 atom stereocenters. The quantitative estimate of drug-likeness (QED) is 0.467. The molecule has 0 aliphatic rings. The van der Waals surface area contributed by atoms with E-state index in [0.29, 0.717) is 12.8 Å². The van der Waals surface area contributed by atoms with Gasteiger partial charge in [-0.05, 0) is 19.8 Å². The first kappa shape index (κ1) is 11.9. The van der Waals surface area contributed by atoms with E-state index in [4.69, 9.17) is 4.74 Å². The van der Waals surface area contributed by atoms with Crippen LogP contribution in [0.1, 0.15) is 33.1 Å². The van der Waals surface area contributed by atoms with Crippen molar-refractivity contribution in [2.24, 2.45) is 0 Å². The van der Waals surface area contributed by atoms with E-state index >= 15 is 0 Å². The van der Waals surface area contributed by atoms with Crippen LogP contribution in [0.25, 0.3) is 0 Å². The smallest absolute Gasteiger partial charge is 0.303 e. The number of hydrogen-bond acceptors (Lipinski definition) is 3. The maximum atomic E-state index is 10.6. The Hall–Kier alpha value is -1.12. The van der Waals surface area contributed by atoms with Crippen LogP contribution < -0.4 is 0 Å². The van der Waals surface area contributed by atoms with Gasteiger partial charge in [0.15, 0.2) is 0 Å². The van der Waals surface area contributed by atoms with Crippen molar-refractivity contribution in [3.8, 4) is 0 Å². The fourth-order valence-corrected chi connectivity index (χ4v) is 0.990. The van der Waals surface area contributed by atoms with Gasteiger partial charge in [-0.1, -0.05) is 12.7 Å². The molecule has 0 aromatic carbocycles. The minimum atomic E-state index is -0.312. The molecule has 0 fully saturated rings. The Balaban J connectivity index is 3.65. The van der Waals surface area contributed by atoms with Crippen molar-refractivity contribution < 1.29 is 14.3 Å². The molecule has 1 unspecified atom stereocenters. The van der Waals surface area contributed by atoms with Crippen molar-refractivity contribution in [3.05, 3.63) is 12.7 Å². The van der Waals surface area contributed by atoms with Gasteiger partial charge in [-0.15, -0.1) is 0 Å². The Morgan fingerprint density at radius 1 is 1.46 bits per heavy atom. The summed E-state index contributed by atoms with van der Waals surface area (Å²) in [6, 6.07) is 0. The molecule has 0 heterocycles. The first-order chi connectivity index (χ1) is 6.06. The number of rotatable bonds is 6. The Morgan fingerprint density at radius 2 is 2.08 bits per heavy atom. The number of hydrogen-bond donors (Lipinski definition) is 0. The highest BCUT2D eigenvalue weighted by atomic mass is 16.5. The fourth-order valence-electron chi connectivity index (χ4n) is 0.990. The standard InChI is InChI=1S/C10H16O3/c1-4-10(13-9(3)12)7-5-6-8(2)11/h4,10H,1,5-7H2,2-3H3. The Kier molecular flexibility index (Phi) is 5.85. The van der Waals surface area contributed by atoms with E-state index in [-0.39, 0.29) is 17.9 Å². The van der Waals surface area contributed by atoms with Crippen LogP contribution >= 0.6 is 0 Å². The summed E-state index contributed by atoms with van der Waals surface area (Å²) in [6.07, 6.45) is 3.27. The SMILES string of the molecule is C=CC(CCCC(C)=O)OC(C)=O. The van der Waals surface area contributed by atoms with Gasteiger partial charge in [0.2, 0.25) is 0 Å². The summed E-state index contributed by atoms with van der Waals surface area (Å²) < 4.78 is 4.91. The Morgan fingerprint density at radius 3 is 2.46 bits per heavy atom. The molecular weight excluding hydrogens is 168 g/mol. The molecule has 0 bridgehead atoms. The molecule has 0 saturated carbocycles. The average Bonchev–Trinajstić information content (AvgIpc) is 2.01. The summed E-state index contributed by atoms with van der Waals surface area (Å²) in [5.74, 6) is -0.154. The minimum absolute atomic E-state index is 0.158. The van der Waals surface area contributed by atoms with Crippen molar-refractivity contribution in [2.45, 2.75) is 39.2 Å². The zero-order valence-corrected chi connectivity index (χ0v) is 8.21. The van der Waals surface area contributed by atoms with Gasteiger partial charge in [0, 0.05) is 13.3 Å². The summed E-state index contributed by atoms with van der Waals surface area (Å²) >= 11 is 0. The molecule has 3 heteroatoms. The highest BCUT2D eigenvalue weighted by molar-refractivity contribution is 5.75. The summed E-state index contributed by atoms with van der Waals surface area (Å²) in [4.78, 5) is 21.2. The summed E-state index contributed by atoms with van der Waals surface area (Å²) in [7, 11) is 0. The average molecular weight is 184 g/mol. The lowest BCUT2D eigenvalue weighted by atomic mass is 10.1. The topological polar surface area (TPSA) is 43.4 Å². The molecule has 0 aliphatic carbocycles. The lowest BCUT2D eigenvalue weighted by Gasteiger charge is -2.11. The highest BCUT2D eigenvalue weighted by Gasteiger charge is 2.07. The number of ketones is 1. The maximum absolute atomic E-state index is 10.6. The molecule has 3 nitrogen and oxygen atoms in total. The number of ether oxygens (including phenoxy) is 1. The predicted molar refractivity (Wildman–Crippen MR) is 50.3 cm³/mol. The minimum Gasteiger partial charge on any atom is -0.458 e. The van der Waals surface area contributed by atoms with E-state index in [2.05, 4.69) is 6.58 Å². The van der Waals surface area contributed by atoms with Crippen molar-refractivity contribution >= 4 is 11.8 Å². The lowest BCUT2D eigenvalue weighted by molar-refractivity contribution is -0.144. The molecule has 0 aromatic heterocycles. The molecule has 74 valence electrons. The van der Waals surface area contributed by atoms with Gasteiger partial charge in [0.1, 0.15) is 11.9 Å². The van der Waals surface area contributed by atoms with Gasteiger partial charge in [-0.3, -0.25) is 4.79 Å². The summed E-state index contributed by atoms with van der Waals surface area (Å²) in [6.45, 7) is 6.46. The van der Waals surface area contributed by atoms with Gasteiger partial charge in [0.25, 0.3) is 0 Å². The zero-order valence-electron chi connectivity index (χ0n) is 8.21. The Bertz CT molecular complexity index is 196. The monoisotopic (exact) mass is 184 g/mol. The second-order valence-electron chi connectivity index (χ2n) is 2.98. The van der Waals surface area contributed by atoms with Crippen LogP contribution in [0.3, 0.4) is 0 Å². The van der Waals surface area contributed by atoms with Gasteiger partial charge < -0.3 is 9.53 Å². The molecule has 0 radical (unpaired) electrons. The van der Waals surface area contributed by atoms with Crippen LogP contribution in [0, 0.1) is 0 Å². The molecule has 0 amide bonds. The first-order valence-electron chi connectivity index (χ1n) is 4.35. The maximum Gasteiger partial charge on any atom is 0.303 e. The third kappa shape index (κ3) is 7.25. The third-order valence-corrected chi connectivity index (χ3v) is 1.60. The van der Waals surface area contributed by atoms with Crippen molar-refractivity contribution in [3.63, 3.8) is 0 Å². The largest absolute Gasteiger partial charge is 0.458 e. The van der Waals surface area contributed by atoms with Crippen LogP contribution in [-0.2, 0) is 14.3 Å². The normalized spacial score (nSPS) is 11.8. The van der Waals surface area contributed by atoms with E-state index in [9.17, 15) is 9.59 Å². The molecular formula is C10H16O3. The zero-order chi connectivity index (χ0) is 10.3. The van der Waals surface area contributed by atoms with Crippen LogP contribution in [-0.4, -0.2) is 17.9 Å². The molecule has 0 spiro atoms. The van der Waals surface area contributed by atoms with Gasteiger partial charge in [-0.25, -0.2) is 0 Å². The van der Waals surface area contributed by atoms with E-state index in [1.54, 1.807) is 13.0 Å².